The maximum Gasteiger partial charge on any atom is 0.343 e. The van der Waals surface area contributed by atoms with Crippen LogP contribution in [-0.2, 0) is 6.42 Å². The molecule has 0 aromatic heterocycles. The highest BCUT2D eigenvalue weighted by atomic mass is 16.5. The lowest BCUT2D eigenvalue weighted by Gasteiger charge is -2.15. The second-order valence-corrected chi connectivity index (χ2v) is 8.56. The van der Waals surface area contributed by atoms with Gasteiger partial charge in [-0.3, -0.25) is 5.43 Å². The van der Waals surface area contributed by atoms with Gasteiger partial charge in [0.25, 0.3) is 0 Å². The Morgan fingerprint density at radius 3 is 2.22 bits per heavy atom. The van der Waals surface area contributed by atoms with E-state index >= 15 is 0 Å². The third kappa shape index (κ3) is 6.57. The molecule has 0 aliphatic rings. The molecule has 0 spiro atoms. The Bertz CT molecular complexity index is 1270. The molecule has 6 heteroatoms. The van der Waals surface area contributed by atoms with Crippen LogP contribution in [0.3, 0.4) is 0 Å². The van der Waals surface area contributed by atoms with Crippen molar-refractivity contribution in [1.82, 2.24) is 0 Å². The lowest BCUT2D eigenvalue weighted by Crippen LogP contribution is -2.13. The first-order valence-corrected chi connectivity index (χ1v) is 12.0. The molecule has 0 fully saturated rings. The fourth-order valence-corrected chi connectivity index (χ4v) is 3.86. The Balaban J connectivity index is 1.31. The average molecular weight is 482 g/mol. The third-order valence-corrected chi connectivity index (χ3v) is 5.84. The quantitative estimate of drug-likeness (QED) is 0.101. The lowest BCUT2D eigenvalue weighted by molar-refractivity contribution is 0.0734. The largest absolute Gasteiger partial charge is 0.494 e. The van der Waals surface area contributed by atoms with Crippen molar-refractivity contribution < 1.29 is 14.3 Å². The molecule has 0 radical (unpaired) electrons. The molecule has 36 heavy (non-hydrogen) atoms. The van der Waals surface area contributed by atoms with Crippen molar-refractivity contribution in [2.24, 2.45) is 0 Å². The molecular weight excluding hydrogens is 450 g/mol. The first kappa shape index (κ1) is 24.7. The predicted molar refractivity (Wildman–Crippen MR) is 146 cm³/mol. The van der Waals surface area contributed by atoms with Crippen LogP contribution in [0.5, 0.6) is 11.5 Å². The first-order chi connectivity index (χ1) is 17.5. The van der Waals surface area contributed by atoms with E-state index in [2.05, 4.69) is 54.2 Å². The lowest BCUT2D eigenvalue weighted by atomic mass is 9.94. The SMILES string of the molecule is CCOc1ccc(OC(=O)c2ccc(NNc3ccc(C[C@H](C)c4ccccc4)cc3)c(N)c2)cc1. The van der Waals surface area contributed by atoms with Crippen LogP contribution in [0.1, 0.15) is 41.3 Å². The van der Waals surface area contributed by atoms with Crippen LogP contribution >= 0.6 is 0 Å². The number of anilines is 3. The van der Waals surface area contributed by atoms with Crippen LogP contribution in [0.15, 0.2) is 97.1 Å². The van der Waals surface area contributed by atoms with Crippen LogP contribution in [-0.4, -0.2) is 12.6 Å². The van der Waals surface area contributed by atoms with Crippen LogP contribution in [0.25, 0.3) is 0 Å². The molecule has 4 aromatic carbocycles. The minimum absolute atomic E-state index is 0.365. The summed E-state index contributed by atoms with van der Waals surface area (Å²) in [5.74, 6) is 1.13. The number of hydrogen-bond donors (Lipinski definition) is 3. The summed E-state index contributed by atoms with van der Waals surface area (Å²) in [4.78, 5) is 12.5. The normalized spacial score (nSPS) is 11.4. The molecule has 0 unspecified atom stereocenters. The van der Waals surface area contributed by atoms with E-state index in [0.29, 0.717) is 35.2 Å². The van der Waals surface area contributed by atoms with Gasteiger partial charge in [0.15, 0.2) is 0 Å². The van der Waals surface area contributed by atoms with E-state index in [1.54, 1.807) is 42.5 Å². The van der Waals surface area contributed by atoms with Crippen molar-refractivity contribution in [2.45, 2.75) is 26.2 Å². The topological polar surface area (TPSA) is 85.6 Å². The number of benzene rings is 4. The van der Waals surface area contributed by atoms with Crippen LogP contribution in [0.4, 0.5) is 17.1 Å². The van der Waals surface area contributed by atoms with E-state index in [1.807, 2.05) is 25.1 Å². The second-order valence-electron chi connectivity index (χ2n) is 8.56. The smallest absolute Gasteiger partial charge is 0.343 e. The van der Waals surface area contributed by atoms with Crippen molar-refractivity contribution in [3.05, 3.63) is 114 Å². The van der Waals surface area contributed by atoms with Gasteiger partial charge >= 0.3 is 5.97 Å². The maximum absolute atomic E-state index is 12.5. The Hall–Kier alpha value is -4.45. The van der Waals surface area contributed by atoms with E-state index in [1.165, 1.54) is 11.1 Å². The van der Waals surface area contributed by atoms with Crippen molar-refractivity contribution in [3.63, 3.8) is 0 Å². The zero-order valence-corrected chi connectivity index (χ0v) is 20.5. The van der Waals surface area contributed by atoms with Gasteiger partial charge in [-0.1, -0.05) is 49.4 Å². The molecule has 1 atom stereocenters. The van der Waals surface area contributed by atoms with Gasteiger partial charge in [0.1, 0.15) is 11.5 Å². The summed E-state index contributed by atoms with van der Waals surface area (Å²) < 4.78 is 10.8. The Morgan fingerprint density at radius 2 is 1.56 bits per heavy atom. The van der Waals surface area contributed by atoms with Gasteiger partial charge in [-0.25, -0.2) is 4.79 Å². The van der Waals surface area contributed by atoms with Gasteiger partial charge in [0.05, 0.1) is 29.2 Å². The first-order valence-electron chi connectivity index (χ1n) is 12.0. The summed E-state index contributed by atoms with van der Waals surface area (Å²) in [6.07, 6.45) is 0.971. The number of rotatable bonds is 10. The molecule has 6 nitrogen and oxygen atoms in total. The number of nitrogens with one attached hydrogen (secondary N) is 2. The Labute approximate surface area is 212 Å². The van der Waals surface area contributed by atoms with Crippen LogP contribution in [0.2, 0.25) is 0 Å². The molecule has 0 heterocycles. The number of carbonyl (C=O) groups is 1. The standard InChI is InChI=1S/C30H31N3O3/c1-3-35-26-14-16-27(17-15-26)36-30(34)24-11-18-29(28(31)20-24)33-32-25-12-9-22(10-13-25)19-21(2)23-7-5-4-6-8-23/h4-18,20-21,32-33H,3,19,31H2,1-2H3/t21-/m0/s1. The number of hydrogen-bond acceptors (Lipinski definition) is 6. The number of ether oxygens (including phenoxy) is 2. The molecule has 0 aliphatic heterocycles. The van der Waals surface area contributed by atoms with Gasteiger partial charge in [-0.05, 0) is 85.0 Å². The van der Waals surface area contributed by atoms with E-state index in [9.17, 15) is 4.79 Å². The summed E-state index contributed by atoms with van der Waals surface area (Å²) in [6, 6.07) is 30.7. The number of nitrogens with two attached hydrogens (primary N) is 1. The monoisotopic (exact) mass is 481 g/mol. The van der Waals surface area contributed by atoms with E-state index in [4.69, 9.17) is 15.2 Å². The average Bonchev–Trinajstić information content (AvgIpc) is 2.90. The predicted octanol–water partition coefficient (Wildman–Crippen LogP) is 6.67. The van der Waals surface area contributed by atoms with Gasteiger partial charge < -0.3 is 20.6 Å². The molecule has 0 saturated heterocycles. The second kappa shape index (κ2) is 11.8. The summed E-state index contributed by atoms with van der Waals surface area (Å²) in [5.41, 5.74) is 17.4. The fourth-order valence-electron chi connectivity index (χ4n) is 3.86. The summed E-state index contributed by atoms with van der Waals surface area (Å²) >= 11 is 0. The van der Waals surface area contributed by atoms with Gasteiger partial charge in [-0.2, -0.15) is 0 Å². The van der Waals surface area contributed by atoms with Gasteiger partial charge in [-0.15, -0.1) is 0 Å². The van der Waals surface area contributed by atoms with Crippen molar-refractivity contribution in [1.29, 1.82) is 0 Å². The third-order valence-electron chi connectivity index (χ3n) is 5.84. The molecule has 4 aromatic rings. The molecule has 4 rings (SSSR count). The number of carbonyl (C=O) groups excluding carboxylic acids is 1. The number of esters is 1. The Morgan fingerprint density at radius 1 is 0.861 bits per heavy atom. The van der Waals surface area contributed by atoms with Crippen molar-refractivity contribution in [3.8, 4) is 11.5 Å². The number of nitrogen functional groups attached to an aromatic ring is 1. The van der Waals surface area contributed by atoms with Crippen molar-refractivity contribution >= 4 is 23.0 Å². The zero-order chi connectivity index (χ0) is 25.3. The van der Waals surface area contributed by atoms with Gasteiger partial charge in [0, 0.05) is 0 Å². The Kier molecular flexibility index (Phi) is 8.08. The highest BCUT2D eigenvalue weighted by Gasteiger charge is 2.11. The fraction of sp³-hybridized carbons (Fsp3) is 0.167. The van der Waals surface area contributed by atoms with Gasteiger partial charge in [0.2, 0.25) is 0 Å². The molecule has 4 N–H and O–H groups in total. The van der Waals surface area contributed by atoms with E-state index in [0.717, 1.165) is 17.9 Å². The van der Waals surface area contributed by atoms with E-state index < -0.39 is 5.97 Å². The van der Waals surface area contributed by atoms with Crippen LogP contribution < -0.4 is 26.1 Å². The summed E-state index contributed by atoms with van der Waals surface area (Å²) in [7, 11) is 0. The van der Waals surface area contributed by atoms with E-state index in [-0.39, 0.29) is 0 Å². The summed E-state index contributed by atoms with van der Waals surface area (Å²) in [6.45, 7) is 4.73. The molecule has 0 aliphatic carbocycles. The highest BCUT2D eigenvalue weighted by molar-refractivity contribution is 5.93. The maximum atomic E-state index is 12.5. The molecular formula is C30H31N3O3. The van der Waals surface area contributed by atoms with Crippen LogP contribution in [0, 0.1) is 0 Å². The molecule has 184 valence electrons. The minimum atomic E-state index is -0.481. The van der Waals surface area contributed by atoms with Crippen molar-refractivity contribution in [2.75, 3.05) is 23.2 Å². The highest BCUT2D eigenvalue weighted by Crippen LogP contribution is 2.24. The minimum Gasteiger partial charge on any atom is -0.494 e. The number of hydrazine groups is 1. The molecule has 0 saturated carbocycles. The summed E-state index contributed by atoms with van der Waals surface area (Å²) in [5, 5.41) is 0. The molecule has 0 bridgehead atoms. The molecule has 0 amide bonds. The zero-order valence-electron chi connectivity index (χ0n) is 20.5.